The van der Waals surface area contributed by atoms with Crippen LogP contribution >= 0.6 is 0 Å². The first-order valence-corrected chi connectivity index (χ1v) is 6.77. The fourth-order valence-corrected chi connectivity index (χ4v) is 3.23. The summed E-state index contributed by atoms with van der Waals surface area (Å²) in [7, 11) is 2.10. The molecule has 2 aromatic rings. The normalized spacial score (nSPS) is 24.6. The first kappa shape index (κ1) is 11.7. The van der Waals surface area contributed by atoms with E-state index >= 15 is 0 Å². The summed E-state index contributed by atoms with van der Waals surface area (Å²) in [5, 5.41) is 0. The number of aryl methyl sites for hydroxylation is 1. The number of nitrogens with zero attached hydrogens (tertiary/aromatic N) is 3. The standard InChI is InChI=1S/C14H20N4/c1-18-13-6-7-16-9-12(13)17-14(18)11-5-3-2-4-10(11)8-15/h6-7,9-11H,2-5,8,15H2,1H3. The molecule has 2 aromatic heterocycles. The molecule has 18 heavy (non-hydrogen) atoms. The zero-order chi connectivity index (χ0) is 12.5. The molecule has 1 fully saturated rings. The van der Waals surface area contributed by atoms with Crippen molar-refractivity contribution in [2.75, 3.05) is 6.54 Å². The maximum atomic E-state index is 5.93. The second-order valence-electron chi connectivity index (χ2n) is 5.28. The van der Waals surface area contributed by atoms with Crippen LogP contribution in [-0.2, 0) is 7.05 Å². The Bertz CT molecular complexity index is 546. The molecule has 0 spiro atoms. The van der Waals surface area contributed by atoms with Crippen molar-refractivity contribution in [1.82, 2.24) is 14.5 Å². The second-order valence-corrected chi connectivity index (χ2v) is 5.28. The van der Waals surface area contributed by atoms with Crippen molar-refractivity contribution in [3.05, 3.63) is 24.3 Å². The lowest BCUT2D eigenvalue weighted by Gasteiger charge is -2.30. The van der Waals surface area contributed by atoms with Gasteiger partial charge in [-0.05, 0) is 31.4 Å². The number of pyridine rings is 1. The van der Waals surface area contributed by atoms with Crippen molar-refractivity contribution in [1.29, 1.82) is 0 Å². The molecule has 0 radical (unpaired) electrons. The van der Waals surface area contributed by atoms with Crippen LogP contribution in [0.25, 0.3) is 11.0 Å². The summed E-state index contributed by atoms with van der Waals surface area (Å²) < 4.78 is 2.22. The molecular weight excluding hydrogens is 224 g/mol. The minimum Gasteiger partial charge on any atom is -0.331 e. The summed E-state index contributed by atoms with van der Waals surface area (Å²) in [6.07, 6.45) is 8.73. The van der Waals surface area contributed by atoms with Crippen molar-refractivity contribution < 1.29 is 0 Å². The third kappa shape index (κ3) is 1.81. The van der Waals surface area contributed by atoms with Crippen LogP contribution in [0.5, 0.6) is 0 Å². The maximum absolute atomic E-state index is 5.93. The van der Waals surface area contributed by atoms with Crippen molar-refractivity contribution in [3.8, 4) is 0 Å². The lowest BCUT2D eigenvalue weighted by atomic mass is 9.79. The highest BCUT2D eigenvalue weighted by atomic mass is 15.1. The molecule has 2 heterocycles. The molecule has 0 saturated heterocycles. The van der Waals surface area contributed by atoms with Gasteiger partial charge in [-0.1, -0.05) is 12.8 Å². The van der Waals surface area contributed by atoms with Gasteiger partial charge in [0.05, 0.1) is 11.7 Å². The van der Waals surface area contributed by atoms with Gasteiger partial charge in [0.15, 0.2) is 0 Å². The van der Waals surface area contributed by atoms with E-state index in [2.05, 4.69) is 16.6 Å². The number of nitrogens with two attached hydrogens (primary N) is 1. The molecule has 0 amide bonds. The van der Waals surface area contributed by atoms with E-state index < -0.39 is 0 Å². The molecule has 96 valence electrons. The quantitative estimate of drug-likeness (QED) is 0.881. The van der Waals surface area contributed by atoms with Gasteiger partial charge in [-0.25, -0.2) is 4.98 Å². The summed E-state index contributed by atoms with van der Waals surface area (Å²) in [5.41, 5.74) is 8.09. The van der Waals surface area contributed by atoms with Crippen LogP contribution in [-0.4, -0.2) is 21.1 Å². The highest BCUT2D eigenvalue weighted by Gasteiger charge is 2.29. The highest BCUT2D eigenvalue weighted by Crippen LogP contribution is 2.37. The van der Waals surface area contributed by atoms with Crippen molar-refractivity contribution >= 4 is 11.0 Å². The van der Waals surface area contributed by atoms with Crippen molar-refractivity contribution in [3.63, 3.8) is 0 Å². The largest absolute Gasteiger partial charge is 0.331 e. The number of rotatable bonds is 2. The van der Waals surface area contributed by atoms with E-state index in [0.29, 0.717) is 11.8 Å². The summed E-state index contributed by atoms with van der Waals surface area (Å²) in [4.78, 5) is 8.93. The molecule has 1 saturated carbocycles. The number of fused-ring (bicyclic) bond motifs is 1. The lowest BCUT2D eigenvalue weighted by Crippen LogP contribution is -2.27. The summed E-state index contributed by atoms with van der Waals surface area (Å²) in [6, 6.07) is 2.03. The molecule has 1 aliphatic rings. The molecule has 4 nitrogen and oxygen atoms in total. The fourth-order valence-electron chi connectivity index (χ4n) is 3.23. The van der Waals surface area contributed by atoms with Gasteiger partial charge in [0.25, 0.3) is 0 Å². The molecule has 4 heteroatoms. The molecule has 3 rings (SSSR count). The first-order valence-electron chi connectivity index (χ1n) is 6.77. The predicted molar refractivity (Wildman–Crippen MR) is 72.3 cm³/mol. The van der Waals surface area contributed by atoms with Gasteiger partial charge < -0.3 is 10.3 Å². The Morgan fingerprint density at radius 2 is 2.22 bits per heavy atom. The molecule has 2 N–H and O–H groups in total. The van der Waals surface area contributed by atoms with E-state index in [1.807, 2.05) is 18.5 Å². The van der Waals surface area contributed by atoms with Crippen LogP contribution in [0.3, 0.4) is 0 Å². The number of aromatic nitrogens is 3. The minimum atomic E-state index is 0.515. The molecule has 2 unspecified atom stereocenters. The summed E-state index contributed by atoms with van der Waals surface area (Å²) in [5.74, 6) is 2.29. The third-order valence-electron chi connectivity index (χ3n) is 4.26. The smallest absolute Gasteiger partial charge is 0.113 e. The lowest BCUT2D eigenvalue weighted by molar-refractivity contribution is 0.301. The van der Waals surface area contributed by atoms with E-state index in [0.717, 1.165) is 12.1 Å². The molecular formula is C14H20N4. The van der Waals surface area contributed by atoms with Crippen LogP contribution in [0.1, 0.15) is 37.4 Å². The van der Waals surface area contributed by atoms with Crippen LogP contribution < -0.4 is 5.73 Å². The Balaban J connectivity index is 2.04. The number of hydrogen-bond acceptors (Lipinski definition) is 3. The van der Waals surface area contributed by atoms with Gasteiger partial charge in [-0.2, -0.15) is 0 Å². The van der Waals surface area contributed by atoms with Gasteiger partial charge in [0.2, 0.25) is 0 Å². The van der Waals surface area contributed by atoms with Crippen LogP contribution in [0, 0.1) is 5.92 Å². The Kier molecular flexibility index (Phi) is 3.04. The summed E-state index contributed by atoms with van der Waals surface area (Å²) >= 11 is 0. The molecule has 2 atom stereocenters. The van der Waals surface area contributed by atoms with Crippen molar-refractivity contribution in [2.45, 2.75) is 31.6 Å². The van der Waals surface area contributed by atoms with Gasteiger partial charge in [0, 0.05) is 19.2 Å². The average molecular weight is 244 g/mol. The Morgan fingerprint density at radius 3 is 3.00 bits per heavy atom. The Labute approximate surface area is 107 Å². The second kappa shape index (κ2) is 4.69. The highest BCUT2D eigenvalue weighted by molar-refractivity contribution is 5.74. The van der Waals surface area contributed by atoms with Crippen LogP contribution in [0.2, 0.25) is 0 Å². The van der Waals surface area contributed by atoms with Crippen LogP contribution in [0.4, 0.5) is 0 Å². The van der Waals surface area contributed by atoms with Gasteiger partial charge in [0.1, 0.15) is 11.3 Å². The number of imidazole rings is 1. The van der Waals surface area contributed by atoms with Crippen molar-refractivity contribution in [2.24, 2.45) is 18.7 Å². The molecule has 0 aliphatic heterocycles. The van der Waals surface area contributed by atoms with E-state index in [1.54, 1.807) is 0 Å². The fraction of sp³-hybridized carbons (Fsp3) is 0.571. The molecule has 1 aliphatic carbocycles. The van der Waals surface area contributed by atoms with Gasteiger partial charge in [-0.15, -0.1) is 0 Å². The van der Waals surface area contributed by atoms with E-state index in [9.17, 15) is 0 Å². The van der Waals surface area contributed by atoms with E-state index in [1.165, 1.54) is 37.0 Å². The average Bonchev–Trinajstić information content (AvgIpc) is 2.76. The zero-order valence-electron chi connectivity index (χ0n) is 10.8. The third-order valence-corrected chi connectivity index (χ3v) is 4.26. The Morgan fingerprint density at radius 1 is 1.39 bits per heavy atom. The SMILES string of the molecule is Cn1c(C2CCCCC2CN)nc2cnccc21. The maximum Gasteiger partial charge on any atom is 0.113 e. The van der Waals surface area contributed by atoms with Crippen LogP contribution in [0.15, 0.2) is 18.5 Å². The van der Waals surface area contributed by atoms with E-state index in [-0.39, 0.29) is 0 Å². The zero-order valence-corrected chi connectivity index (χ0v) is 10.8. The van der Waals surface area contributed by atoms with E-state index in [4.69, 9.17) is 10.7 Å². The van der Waals surface area contributed by atoms with Gasteiger partial charge >= 0.3 is 0 Å². The summed E-state index contributed by atoms with van der Waals surface area (Å²) in [6.45, 7) is 0.770. The first-order chi connectivity index (χ1) is 8.81. The Hall–Kier alpha value is -1.42. The number of hydrogen-bond donors (Lipinski definition) is 1. The molecule has 0 bridgehead atoms. The predicted octanol–water partition coefficient (Wildman–Crippen LogP) is 2.20. The monoisotopic (exact) mass is 244 g/mol. The topological polar surface area (TPSA) is 56.7 Å². The van der Waals surface area contributed by atoms with Gasteiger partial charge in [-0.3, -0.25) is 4.98 Å². The minimum absolute atomic E-state index is 0.515. The molecule has 0 aromatic carbocycles.